The van der Waals surface area contributed by atoms with Crippen LogP contribution in [0.5, 0.6) is 0 Å². The third-order valence-corrected chi connectivity index (χ3v) is 1.24. The van der Waals surface area contributed by atoms with Gasteiger partial charge in [-0.05, 0) is 26.0 Å². The summed E-state index contributed by atoms with van der Waals surface area (Å²) in [4.78, 5) is 0. The first-order chi connectivity index (χ1) is 5.79. The first-order valence-electron chi connectivity index (χ1n) is 3.71. The molecule has 0 amide bonds. The third-order valence-electron chi connectivity index (χ3n) is 1.24. The summed E-state index contributed by atoms with van der Waals surface area (Å²) in [5.41, 5.74) is 2.18. The predicted molar refractivity (Wildman–Crippen MR) is 46.6 cm³/mol. The van der Waals surface area contributed by atoms with Crippen LogP contribution in [0, 0.1) is 13.8 Å². The monoisotopic (exact) mass is 164 g/mol. The van der Waals surface area contributed by atoms with E-state index < -0.39 is 0 Å². The van der Waals surface area contributed by atoms with Gasteiger partial charge in [-0.1, -0.05) is 0 Å². The zero-order chi connectivity index (χ0) is 8.81. The molecule has 2 aromatic rings. The molecule has 2 N–H and O–H groups in total. The highest BCUT2D eigenvalue weighted by molar-refractivity contribution is 5.03. The summed E-state index contributed by atoms with van der Waals surface area (Å²) in [6.07, 6.45) is 3.46. The quantitative estimate of drug-likeness (QED) is 0.619. The summed E-state index contributed by atoms with van der Waals surface area (Å²) in [7, 11) is 0. The minimum Gasteiger partial charge on any atom is -0.286 e. The minimum atomic E-state index is 1.05. The standard InChI is InChI=1S/C5H8N2.C3H4N2/c1-4-3-5(2)7-6-4;1-2-4-5-3-1/h3H,1-2H3,(H,6,7);1-3H,(H,4,5). The highest BCUT2D eigenvalue weighted by Crippen LogP contribution is 1.92. The SMILES string of the molecule is Cc1cc(C)[nH]n1.c1cn[nH]c1. The van der Waals surface area contributed by atoms with Gasteiger partial charge in [0.05, 0.1) is 5.69 Å². The van der Waals surface area contributed by atoms with Gasteiger partial charge in [0.15, 0.2) is 0 Å². The number of hydrogen-bond acceptors (Lipinski definition) is 2. The van der Waals surface area contributed by atoms with Gasteiger partial charge < -0.3 is 0 Å². The molecule has 0 spiro atoms. The lowest BCUT2D eigenvalue weighted by atomic mass is 10.4. The van der Waals surface area contributed by atoms with Crippen LogP contribution >= 0.6 is 0 Å². The smallest absolute Gasteiger partial charge is 0.0593 e. The van der Waals surface area contributed by atoms with E-state index in [1.807, 2.05) is 26.0 Å². The molecule has 2 aromatic heterocycles. The molecular weight excluding hydrogens is 152 g/mol. The molecule has 0 radical (unpaired) electrons. The molecule has 4 heteroatoms. The number of rotatable bonds is 0. The highest BCUT2D eigenvalue weighted by Gasteiger charge is 1.84. The van der Waals surface area contributed by atoms with Gasteiger partial charge in [0.2, 0.25) is 0 Å². The van der Waals surface area contributed by atoms with Crippen LogP contribution in [-0.4, -0.2) is 20.4 Å². The number of H-pyrrole nitrogens is 2. The second-order valence-corrected chi connectivity index (χ2v) is 2.46. The lowest BCUT2D eigenvalue weighted by Crippen LogP contribution is -1.68. The fourth-order valence-corrected chi connectivity index (χ4v) is 0.769. The van der Waals surface area contributed by atoms with E-state index in [9.17, 15) is 0 Å². The number of hydrogen-bond donors (Lipinski definition) is 2. The van der Waals surface area contributed by atoms with Gasteiger partial charge >= 0.3 is 0 Å². The maximum Gasteiger partial charge on any atom is 0.0593 e. The fraction of sp³-hybridized carbons (Fsp3) is 0.250. The van der Waals surface area contributed by atoms with Crippen molar-refractivity contribution in [1.82, 2.24) is 20.4 Å². The molecule has 0 saturated heterocycles. The zero-order valence-electron chi connectivity index (χ0n) is 7.20. The molecule has 0 bridgehead atoms. The Morgan fingerprint density at radius 1 is 1.33 bits per heavy atom. The van der Waals surface area contributed by atoms with Crippen molar-refractivity contribution in [2.75, 3.05) is 0 Å². The minimum absolute atomic E-state index is 1.05. The molecule has 0 fully saturated rings. The van der Waals surface area contributed by atoms with Crippen LogP contribution in [0.15, 0.2) is 24.5 Å². The number of aromatic amines is 2. The van der Waals surface area contributed by atoms with Gasteiger partial charge in [-0.2, -0.15) is 10.2 Å². The Morgan fingerprint density at radius 2 is 2.17 bits per heavy atom. The first-order valence-corrected chi connectivity index (χ1v) is 3.71. The Kier molecular flexibility index (Phi) is 3.07. The summed E-state index contributed by atoms with van der Waals surface area (Å²) in [5.74, 6) is 0. The molecule has 2 heterocycles. The highest BCUT2D eigenvalue weighted by atomic mass is 15.1. The maximum atomic E-state index is 3.89. The van der Waals surface area contributed by atoms with Crippen molar-refractivity contribution in [3.05, 3.63) is 35.9 Å². The lowest BCUT2D eigenvalue weighted by Gasteiger charge is -1.68. The Morgan fingerprint density at radius 3 is 2.33 bits per heavy atom. The van der Waals surface area contributed by atoms with Crippen molar-refractivity contribution in [1.29, 1.82) is 0 Å². The zero-order valence-corrected chi connectivity index (χ0v) is 7.20. The van der Waals surface area contributed by atoms with Crippen LogP contribution in [0.3, 0.4) is 0 Å². The molecule has 12 heavy (non-hydrogen) atoms. The lowest BCUT2D eigenvalue weighted by molar-refractivity contribution is 1.02. The van der Waals surface area contributed by atoms with Crippen molar-refractivity contribution in [3.8, 4) is 0 Å². The van der Waals surface area contributed by atoms with E-state index in [4.69, 9.17) is 0 Å². The molecule has 0 aromatic carbocycles. The van der Waals surface area contributed by atoms with Gasteiger partial charge in [-0.3, -0.25) is 10.2 Å². The molecule has 0 aliphatic rings. The van der Waals surface area contributed by atoms with Gasteiger partial charge in [-0.15, -0.1) is 0 Å². The number of nitrogens with zero attached hydrogens (tertiary/aromatic N) is 2. The normalized spacial score (nSPS) is 8.83. The van der Waals surface area contributed by atoms with Gasteiger partial charge in [-0.25, -0.2) is 0 Å². The summed E-state index contributed by atoms with van der Waals surface area (Å²) in [5, 5.41) is 12.9. The van der Waals surface area contributed by atoms with Crippen molar-refractivity contribution < 1.29 is 0 Å². The van der Waals surface area contributed by atoms with Crippen molar-refractivity contribution in [2.24, 2.45) is 0 Å². The fourth-order valence-electron chi connectivity index (χ4n) is 0.769. The first kappa shape index (κ1) is 8.52. The van der Waals surface area contributed by atoms with Crippen LogP contribution in [0.2, 0.25) is 0 Å². The predicted octanol–water partition coefficient (Wildman–Crippen LogP) is 1.44. The largest absolute Gasteiger partial charge is 0.286 e. The van der Waals surface area contributed by atoms with E-state index in [0.717, 1.165) is 11.4 Å². The van der Waals surface area contributed by atoms with Crippen molar-refractivity contribution >= 4 is 0 Å². The average molecular weight is 164 g/mol. The van der Waals surface area contributed by atoms with Gasteiger partial charge in [0, 0.05) is 18.1 Å². The van der Waals surface area contributed by atoms with E-state index in [1.165, 1.54) is 0 Å². The molecular formula is C8H12N4. The molecule has 4 nitrogen and oxygen atoms in total. The summed E-state index contributed by atoms with van der Waals surface area (Å²) >= 11 is 0. The number of aryl methyl sites for hydroxylation is 2. The van der Waals surface area contributed by atoms with Crippen LogP contribution in [0.1, 0.15) is 11.4 Å². The molecule has 0 unspecified atom stereocenters. The second kappa shape index (κ2) is 4.33. The average Bonchev–Trinajstić information content (AvgIpc) is 2.63. The Hall–Kier alpha value is -1.58. The topological polar surface area (TPSA) is 57.4 Å². The Bertz CT molecular complexity index is 263. The van der Waals surface area contributed by atoms with E-state index >= 15 is 0 Å². The maximum absolute atomic E-state index is 3.89. The molecule has 2 rings (SSSR count). The number of aromatic nitrogens is 4. The van der Waals surface area contributed by atoms with E-state index in [-0.39, 0.29) is 0 Å². The van der Waals surface area contributed by atoms with Crippen LogP contribution in [-0.2, 0) is 0 Å². The van der Waals surface area contributed by atoms with E-state index in [0.29, 0.717) is 0 Å². The van der Waals surface area contributed by atoms with Crippen LogP contribution in [0.25, 0.3) is 0 Å². The molecule has 0 atom stereocenters. The second-order valence-electron chi connectivity index (χ2n) is 2.46. The Balaban J connectivity index is 0.000000127. The molecule has 64 valence electrons. The molecule has 0 aliphatic heterocycles. The van der Waals surface area contributed by atoms with Crippen molar-refractivity contribution in [2.45, 2.75) is 13.8 Å². The van der Waals surface area contributed by atoms with E-state index in [1.54, 1.807) is 12.4 Å². The number of nitrogens with one attached hydrogen (secondary N) is 2. The molecule has 0 aliphatic carbocycles. The summed E-state index contributed by atoms with van der Waals surface area (Å²) in [6.45, 7) is 3.95. The summed E-state index contributed by atoms with van der Waals surface area (Å²) in [6, 6.07) is 3.83. The van der Waals surface area contributed by atoms with Crippen LogP contribution in [0.4, 0.5) is 0 Å². The molecule has 0 saturated carbocycles. The Labute approximate surface area is 71.0 Å². The van der Waals surface area contributed by atoms with Gasteiger partial charge in [0.1, 0.15) is 0 Å². The van der Waals surface area contributed by atoms with Crippen molar-refractivity contribution in [3.63, 3.8) is 0 Å². The van der Waals surface area contributed by atoms with Gasteiger partial charge in [0.25, 0.3) is 0 Å². The van der Waals surface area contributed by atoms with E-state index in [2.05, 4.69) is 20.4 Å². The third kappa shape index (κ3) is 3.01. The van der Waals surface area contributed by atoms with Crippen LogP contribution < -0.4 is 0 Å². The summed E-state index contributed by atoms with van der Waals surface area (Å²) < 4.78 is 0.